The lowest BCUT2D eigenvalue weighted by Crippen LogP contribution is -2.10. The molecular weight excluding hydrogens is 474 g/mol. The van der Waals surface area contributed by atoms with Gasteiger partial charge in [-0.3, -0.25) is 4.68 Å². The largest absolute Gasteiger partial charge is 0.434 e. The number of hydrogen-bond donors (Lipinski definition) is 3. The minimum atomic E-state index is -3.01. The van der Waals surface area contributed by atoms with Crippen molar-refractivity contribution < 1.29 is 18.6 Å². The number of fused-ring (bicyclic) bond motifs is 1. The number of benzene rings is 1. The Morgan fingerprint density at radius 1 is 1.28 bits per heavy atom. The number of alkyl halides is 2. The van der Waals surface area contributed by atoms with Crippen molar-refractivity contribution in [1.29, 1.82) is 0 Å². The zero-order chi connectivity index (χ0) is 24.6. The molecule has 0 radical (unpaired) electrons. The maximum Gasteiger partial charge on any atom is 0.387 e. The molecule has 4 heterocycles. The lowest BCUT2D eigenvalue weighted by Gasteiger charge is -2.15. The predicted molar refractivity (Wildman–Crippen MR) is 121 cm³/mol. The average molecular weight is 494 g/mol. The number of aromatic nitrogens is 9. The number of nitrogens with one attached hydrogen (secondary N) is 2. The highest BCUT2D eigenvalue weighted by Gasteiger charge is 2.27. The Morgan fingerprint density at radius 2 is 2.17 bits per heavy atom. The van der Waals surface area contributed by atoms with Crippen LogP contribution in [0.1, 0.15) is 41.9 Å². The Labute approximate surface area is 201 Å². The fourth-order valence-corrected chi connectivity index (χ4v) is 4.07. The average Bonchev–Trinajstić information content (AvgIpc) is 3.24. The molecule has 0 amide bonds. The van der Waals surface area contributed by atoms with E-state index in [1.165, 1.54) is 21.5 Å². The van der Waals surface area contributed by atoms with Crippen LogP contribution in [0.4, 0.5) is 14.5 Å². The summed E-state index contributed by atoms with van der Waals surface area (Å²) < 4.78 is 34.4. The summed E-state index contributed by atoms with van der Waals surface area (Å²) in [5, 5.41) is 36.7. The zero-order valence-electron chi connectivity index (χ0n) is 18.7. The van der Waals surface area contributed by atoms with Gasteiger partial charge in [-0.15, -0.1) is 10.2 Å². The second-order valence-corrected chi connectivity index (χ2v) is 8.36. The first-order chi connectivity index (χ1) is 17.5. The summed E-state index contributed by atoms with van der Waals surface area (Å²) in [5.41, 5.74) is 2.99. The van der Waals surface area contributed by atoms with E-state index in [2.05, 4.69) is 41.1 Å². The van der Waals surface area contributed by atoms with Gasteiger partial charge in [0.15, 0.2) is 17.7 Å². The van der Waals surface area contributed by atoms with E-state index < -0.39 is 12.8 Å². The number of ether oxygens (including phenoxy) is 1. The molecule has 0 bridgehead atoms. The maximum atomic E-state index is 13.2. The van der Waals surface area contributed by atoms with E-state index in [1.54, 1.807) is 30.7 Å². The number of halogens is 2. The summed E-state index contributed by atoms with van der Waals surface area (Å²) in [7, 11) is 0. The minimum Gasteiger partial charge on any atom is -0.434 e. The molecule has 184 valence electrons. The monoisotopic (exact) mass is 494 g/mol. The molecule has 3 N–H and O–H groups in total. The van der Waals surface area contributed by atoms with Gasteiger partial charge in [0.05, 0.1) is 17.4 Å². The first-order valence-corrected chi connectivity index (χ1v) is 11.2. The van der Waals surface area contributed by atoms with Gasteiger partial charge in [-0.2, -0.15) is 24.2 Å². The van der Waals surface area contributed by atoms with Gasteiger partial charge in [-0.25, -0.2) is 9.50 Å². The third-order valence-corrected chi connectivity index (χ3v) is 5.87. The number of anilines is 1. The summed E-state index contributed by atoms with van der Waals surface area (Å²) in [6.45, 7) is -2.85. The molecule has 1 aliphatic rings. The molecule has 1 atom stereocenters. The third-order valence-electron chi connectivity index (χ3n) is 5.87. The van der Waals surface area contributed by atoms with Gasteiger partial charge >= 0.3 is 6.61 Å². The van der Waals surface area contributed by atoms with Crippen molar-refractivity contribution in [3.05, 3.63) is 66.0 Å². The Balaban J connectivity index is 1.42. The van der Waals surface area contributed by atoms with Crippen LogP contribution in [0.2, 0.25) is 0 Å². The molecule has 1 unspecified atom stereocenters. The summed E-state index contributed by atoms with van der Waals surface area (Å²) in [6, 6.07) is 6.86. The van der Waals surface area contributed by atoms with Gasteiger partial charge in [-0.1, -0.05) is 11.3 Å². The van der Waals surface area contributed by atoms with Crippen molar-refractivity contribution in [2.24, 2.45) is 0 Å². The molecule has 14 heteroatoms. The van der Waals surface area contributed by atoms with Gasteiger partial charge in [0.1, 0.15) is 18.0 Å². The zero-order valence-corrected chi connectivity index (χ0v) is 18.7. The first-order valence-electron chi connectivity index (χ1n) is 11.2. The number of hydrogen-bond acceptors (Lipinski definition) is 9. The molecule has 1 aliphatic carbocycles. The van der Waals surface area contributed by atoms with Crippen LogP contribution in [0.25, 0.3) is 16.9 Å². The van der Waals surface area contributed by atoms with Crippen molar-refractivity contribution in [3.8, 4) is 17.0 Å². The number of nitrogens with zero attached hydrogens (tertiary/aromatic N) is 8. The lowest BCUT2D eigenvalue weighted by atomic mass is 10.0. The van der Waals surface area contributed by atoms with Gasteiger partial charge in [0, 0.05) is 24.2 Å². The second kappa shape index (κ2) is 8.96. The van der Waals surface area contributed by atoms with Crippen molar-refractivity contribution in [1.82, 2.24) is 45.0 Å². The predicted octanol–water partition coefficient (Wildman–Crippen LogP) is 2.74. The van der Waals surface area contributed by atoms with Crippen LogP contribution in [0.15, 0.2) is 49.1 Å². The van der Waals surface area contributed by atoms with E-state index in [9.17, 15) is 13.9 Å². The van der Waals surface area contributed by atoms with Gasteiger partial charge in [0.2, 0.25) is 0 Å². The van der Waals surface area contributed by atoms with Crippen LogP contribution >= 0.6 is 0 Å². The second-order valence-electron chi connectivity index (χ2n) is 8.36. The van der Waals surface area contributed by atoms with E-state index in [0.717, 1.165) is 18.4 Å². The van der Waals surface area contributed by atoms with Crippen LogP contribution in [-0.4, -0.2) is 56.7 Å². The number of H-pyrrole nitrogens is 1. The van der Waals surface area contributed by atoms with E-state index in [1.807, 2.05) is 6.07 Å². The Hall–Kier alpha value is -4.46. The first kappa shape index (κ1) is 22.0. The van der Waals surface area contributed by atoms with E-state index in [-0.39, 0.29) is 12.3 Å². The van der Waals surface area contributed by atoms with Gasteiger partial charge in [-0.05, 0) is 42.5 Å². The van der Waals surface area contributed by atoms with Crippen LogP contribution in [-0.2, 0) is 6.54 Å². The maximum absolute atomic E-state index is 13.2. The van der Waals surface area contributed by atoms with E-state index in [4.69, 9.17) is 4.74 Å². The quantitative estimate of drug-likeness (QED) is 0.263. The van der Waals surface area contributed by atoms with Crippen molar-refractivity contribution in [3.63, 3.8) is 0 Å². The SMILES string of the molecule is OC(Nc1cn(Cc2nn[nH]n2)nc1-c1cc(C2CC2)ccc1OC(F)F)c1cnn2cccnc12. The molecule has 0 aliphatic heterocycles. The van der Waals surface area contributed by atoms with Crippen molar-refractivity contribution in [2.75, 3.05) is 5.32 Å². The van der Waals surface area contributed by atoms with Gasteiger partial charge in [0.25, 0.3) is 0 Å². The Morgan fingerprint density at radius 3 is 2.94 bits per heavy atom. The summed E-state index contributed by atoms with van der Waals surface area (Å²) >= 11 is 0. The molecule has 12 nitrogen and oxygen atoms in total. The molecular formula is C22H20F2N10O2. The van der Waals surface area contributed by atoms with Crippen LogP contribution in [0, 0.1) is 0 Å². The summed E-state index contributed by atoms with van der Waals surface area (Å²) in [5.74, 6) is 0.728. The molecule has 36 heavy (non-hydrogen) atoms. The van der Waals surface area contributed by atoms with Crippen molar-refractivity contribution >= 4 is 11.3 Å². The fraction of sp³-hybridized carbons (Fsp3) is 0.273. The fourth-order valence-electron chi connectivity index (χ4n) is 4.07. The lowest BCUT2D eigenvalue weighted by molar-refractivity contribution is -0.0494. The number of aromatic amines is 1. The standard InChI is InChI=1S/C22H20F2N10O2/c23-22(24)36-17-5-4-13(12-2-3-12)8-14(17)19-16(10-33(30-19)11-18-28-31-32-29-18)27-21(35)15-9-26-34-7-1-6-25-20(15)34/h1,4-10,12,21-22,27,35H,2-3,11H2,(H,28,29,31,32). The van der Waals surface area contributed by atoms with Crippen LogP contribution in [0.3, 0.4) is 0 Å². The summed E-state index contributed by atoms with van der Waals surface area (Å²) in [6.07, 6.45) is 7.29. The van der Waals surface area contributed by atoms with E-state index in [0.29, 0.717) is 39.9 Å². The van der Waals surface area contributed by atoms with Gasteiger partial charge < -0.3 is 15.2 Å². The van der Waals surface area contributed by atoms with Crippen molar-refractivity contribution in [2.45, 2.75) is 38.1 Å². The number of aliphatic hydroxyl groups is 1. The third kappa shape index (κ3) is 4.33. The normalized spacial score (nSPS) is 14.4. The molecule has 0 spiro atoms. The summed E-state index contributed by atoms with van der Waals surface area (Å²) in [4.78, 5) is 4.27. The highest BCUT2D eigenvalue weighted by Crippen LogP contribution is 2.44. The smallest absolute Gasteiger partial charge is 0.387 e. The minimum absolute atomic E-state index is 0.0191. The number of tetrazole rings is 1. The molecule has 4 aromatic heterocycles. The highest BCUT2D eigenvalue weighted by molar-refractivity contribution is 5.79. The van der Waals surface area contributed by atoms with Crippen LogP contribution in [0.5, 0.6) is 5.75 Å². The Kier molecular flexibility index (Phi) is 5.48. The molecule has 6 rings (SSSR count). The Bertz CT molecular complexity index is 1500. The highest BCUT2D eigenvalue weighted by atomic mass is 19.3. The topological polar surface area (TPSA) is 144 Å². The number of rotatable bonds is 9. The molecule has 5 aromatic rings. The van der Waals surface area contributed by atoms with E-state index >= 15 is 0 Å². The molecule has 1 aromatic carbocycles. The van der Waals surface area contributed by atoms with Crippen LogP contribution < -0.4 is 10.1 Å². The molecule has 1 fully saturated rings. The molecule has 1 saturated carbocycles. The number of aliphatic hydroxyl groups excluding tert-OH is 1. The molecule has 0 saturated heterocycles.